The first-order valence-electron chi connectivity index (χ1n) is 8.28. The van der Waals surface area contributed by atoms with E-state index in [1.54, 1.807) is 16.8 Å². The van der Waals surface area contributed by atoms with Gasteiger partial charge in [-0.2, -0.15) is 0 Å². The van der Waals surface area contributed by atoms with Crippen LogP contribution in [0.1, 0.15) is 42.9 Å². The van der Waals surface area contributed by atoms with Gasteiger partial charge in [0, 0.05) is 25.2 Å². The van der Waals surface area contributed by atoms with Gasteiger partial charge in [-0.1, -0.05) is 43.3 Å². The van der Waals surface area contributed by atoms with E-state index >= 15 is 0 Å². The average molecular weight is 325 g/mol. The van der Waals surface area contributed by atoms with E-state index in [9.17, 15) is 9.59 Å². The molecule has 0 saturated heterocycles. The summed E-state index contributed by atoms with van der Waals surface area (Å²) in [6.07, 6.45) is 8.12. The molecule has 2 rings (SSSR count). The molecule has 0 saturated carbocycles. The van der Waals surface area contributed by atoms with E-state index < -0.39 is 5.97 Å². The summed E-state index contributed by atoms with van der Waals surface area (Å²) in [5.74, 6) is -0.796. The molecule has 0 amide bonds. The van der Waals surface area contributed by atoms with E-state index in [0.717, 1.165) is 17.5 Å². The topological polar surface area (TPSA) is 59.3 Å². The predicted molar refractivity (Wildman–Crippen MR) is 96.9 cm³/mol. The van der Waals surface area contributed by atoms with Crippen LogP contribution in [-0.2, 0) is 17.8 Å². The number of benzene rings is 1. The van der Waals surface area contributed by atoms with E-state index in [0.29, 0.717) is 19.4 Å². The summed E-state index contributed by atoms with van der Waals surface area (Å²) in [5.41, 5.74) is 3.21. The summed E-state index contributed by atoms with van der Waals surface area (Å²) in [6, 6.07) is 11.9. The van der Waals surface area contributed by atoms with E-state index in [2.05, 4.69) is 31.2 Å². The maximum Gasteiger partial charge on any atom is 0.303 e. The van der Waals surface area contributed by atoms with Crippen molar-refractivity contribution in [2.24, 2.45) is 0 Å². The van der Waals surface area contributed by atoms with Gasteiger partial charge in [0.2, 0.25) is 0 Å². The molecule has 2 aromatic rings. The van der Waals surface area contributed by atoms with Crippen molar-refractivity contribution in [2.45, 2.75) is 39.2 Å². The molecule has 0 atom stereocenters. The fourth-order valence-corrected chi connectivity index (χ4v) is 2.43. The van der Waals surface area contributed by atoms with Gasteiger partial charge in [0.1, 0.15) is 0 Å². The summed E-state index contributed by atoms with van der Waals surface area (Å²) < 4.78 is 1.62. The zero-order valence-electron chi connectivity index (χ0n) is 13.9. The molecule has 0 radical (unpaired) electrons. The van der Waals surface area contributed by atoms with Gasteiger partial charge >= 0.3 is 5.97 Å². The lowest BCUT2D eigenvalue weighted by Crippen LogP contribution is -2.18. The summed E-state index contributed by atoms with van der Waals surface area (Å²) in [5, 5.41) is 8.61. The Morgan fingerprint density at radius 3 is 2.42 bits per heavy atom. The van der Waals surface area contributed by atoms with Crippen molar-refractivity contribution in [1.82, 2.24) is 4.57 Å². The SMILES string of the molecule is CCc1ccc(/C=C/c2ccn(CCCCC(=O)O)c(=O)c2)cc1. The number of hydrogen-bond acceptors (Lipinski definition) is 2. The number of aliphatic carboxylic acids is 1. The van der Waals surface area contributed by atoms with Crippen molar-refractivity contribution in [2.75, 3.05) is 0 Å². The van der Waals surface area contributed by atoms with Crippen LogP contribution in [0.15, 0.2) is 47.4 Å². The van der Waals surface area contributed by atoms with Crippen LogP contribution in [0.4, 0.5) is 0 Å². The van der Waals surface area contributed by atoms with Gasteiger partial charge in [0.15, 0.2) is 0 Å². The summed E-state index contributed by atoms with van der Waals surface area (Å²) in [4.78, 5) is 22.5. The lowest BCUT2D eigenvalue weighted by atomic mass is 10.1. The largest absolute Gasteiger partial charge is 0.481 e. The number of carboxylic acids is 1. The quantitative estimate of drug-likeness (QED) is 0.750. The Morgan fingerprint density at radius 2 is 1.79 bits per heavy atom. The van der Waals surface area contributed by atoms with Crippen LogP contribution in [0.2, 0.25) is 0 Å². The number of aromatic nitrogens is 1. The lowest BCUT2D eigenvalue weighted by Gasteiger charge is -2.05. The maximum atomic E-state index is 12.1. The zero-order chi connectivity index (χ0) is 17.4. The van der Waals surface area contributed by atoms with E-state index in [1.165, 1.54) is 5.56 Å². The number of unbranched alkanes of at least 4 members (excludes halogenated alkanes) is 1. The molecule has 0 unspecified atom stereocenters. The van der Waals surface area contributed by atoms with Gasteiger partial charge in [-0.25, -0.2) is 0 Å². The monoisotopic (exact) mass is 325 g/mol. The molecule has 0 aliphatic carbocycles. The first-order valence-corrected chi connectivity index (χ1v) is 8.28. The Kier molecular flexibility index (Phi) is 6.55. The van der Waals surface area contributed by atoms with E-state index in [4.69, 9.17) is 5.11 Å². The highest BCUT2D eigenvalue weighted by atomic mass is 16.4. The van der Waals surface area contributed by atoms with Crippen molar-refractivity contribution >= 4 is 18.1 Å². The van der Waals surface area contributed by atoms with Gasteiger partial charge in [-0.15, -0.1) is 0 Å². The second kappa shape index (κ2) is 8.87. The van der Waals surface area contributed by atoms with E-state index in [-0.39, 0.29) is 12.0 Å². The van der Waals surface area contributed by atoms with Crippen LogP contribution in [0.5, 0.6) is 0 Å². The fraction of sp³-hybridized carbons (Fsp3) is 0.300. The summed E-state index contributed by atoms with van der Waals surface area (Å²) in [6.45, 7) is 2.68. The van der Waals surface area contributed by atoms with Crippen LogP contribution in [0.25, 0.3) is 12.2 Å². The molecule has 24 heavy (non-hydrogen) atoms. The predicted octanol–water partition coefficient (Wildman–Crippen LogP) is 3.84. The number of carbonyl (C=O) groups is 1. The summed E-state index contributed by atoms with van der Waals surface area (Å²) >= 11 is 0. The summed E-state index contributed by atoms with van der Waals surface area (Å²) in [7, 11) is 0. The second-order valence-corrected chi connectivity index (χ2v) is 5.77. The van der Waals surface area contributed by atoms with Crippen molar-refractivity contribution in [1.29, 1.82) is 0 Å². The van der Waals surface area contributed by atoms with Crippen LogP contribution >= 0.6 is 0 Å². The number of carboxylic acid groups (broad SMARTS) is 1. The molecule has 4 nitrogen and oxygen atoms in total. The zero-order valence-corrected chi connectivity index (χ0v) is 13.9. The van der Waals surface area contributed by atoms with Crippen molar-refractivity contribution < 1.29 is 9.90 Å². The van der Waals surface area contributed by atoms with Crippen molar-refractivity contribution in [3.8, 4) is 0 Å². The highest BCUT2D eigenvalue weighted by molar-refractivity contribution is 5.69. The minimum atomic E-state index is -0.796. The van der Waals surface area contributed by atoms with E-state index in [1.807, 2.05) is 18.2 Å². The molecule has 4 heteroatoms. The Hall–Kier alpha value is -2.62. The molecule has 1 heterocycles. The van der Waals surface area contributed by atoms with Crippen molar-refractivity contribution in [3.05, 3.63) is 69.6 Å². The number of pyridine rings is 1. The normalized spacial score (nSPS) is 11.0. The van der Waals surface area contributed by atoms with Gasteiger partial charge in [-0.05, 0) is 42.0 Å². The number of rotatable bonds is 8. The van der Waals surface area contributed by atoms with Gasteiger partial charge in [-0.3, -0.25) is 9.59 Å². The molecule has 126 valence electrons. The number of aryl methyl sites for hydroxylation is 2. The Balaban J connectivity index is 1.96. The average Bonchev–Trinajstić information content (AvgIpc) is 2.58. The molecule has 1 aromatic heterocycles. The second-order valence-electron chi connectivity index (χ2n) is 5.77. The standard InChI is InChI=1S/C20H23NO3/c1-2-16-6-8-17(9-7-16)10-11-18-12-14-21(19(22)15-18)13-4-3-5-20(23)24/h6-12,14-15H,2-5,13H2,1H3,(H,23,24)/b11-10+. The van der Waals surface area contributed by atoms with Crippen molar-refractivity contribution in [3.63, 3.8) is 0 Å². The van der Waals surface area contributed by atoms with Crippen LogP contribution in [-0.4, -0.2) is 15.6 Å². The molecule has 1 N–H and O–H groups in total. The first-order chi connectivity index (χ1) is 11.6. The minimum Gasteiger partial charge on any atom is -0.481 e. The minimum absolute atomic E-state index is 0.0613. The number of nitrogens with zero attached hydrogens (tertiary/aromatic N) is 1. The molecular weight excluding hydrogens is 302 g/mol. The third-order valence-corrected chi connectivity index (χ3v) is 3.92. The Labute approximate surface area is 142 Å². The van der Waals surface area contributed by atoms with Gasteiger partial charge < -0.3 is 9.67 Å². The fourth-order valence-electron chi connectivity index (χ4n) is 2.43. The Bertz CT molecular complexity index is 757. The number of hydrogen-bond donors (Lipinski definition) is 1. The van der Waals surface area contributed by atoms with Crippen LogP contribution in [0, 0.1) is 0 Å². The van der Waals surface area contributed by atoms with Crippen LogP contribution in [0.3, 0.4) is 0 Å². The molecular formula is C20H23NO3. The Morgan fingerprint density at radius 1 is 1.08 bits per heavy atom. The molecule has 0 aliphatic rings. The molecule has 0 spiro atoms. The van der Waals surface area contributed by atoms with Crippen LogP contribution < -0.4 is 5.56 Å². The first kappa shape index (κ1) is 17.7. The van der Waals surface area contributed by atoms with Gasteiger partial charge in [0.05, 0.1) is 0 Å². The molecule has 0 fully saturated rings. The molecule has 1 aromatic carbocycles. The third-order valence-electron chi connectivity index (χ3n) is 3.92. The highest BCUT2D eigenvalue weighted by Crippen LogP contribution is 2.09. The smallest absolute Gasteiger partial charge is 0.303 e. The third kappa shape index (κ3) is 5.54. The lowest BCUT2D eigenvalue weighted by molar-refractivity contribution is -0.137. The highest BCUT2D eigenvalue weighted by Gasteiger charge is 2.00. The van der Waals surface area contributed by atoms with Gasteiger partial charge in [0.25, 0.3) is 5.56 Å². The molecule has 0 aliphatic heterocycles. The molecule has 0 bridgehead atoms. The maximum absolute atomic E-state index is 12.1.